The van der Waals surface area contributed by atoms with Crippen LogP contribution in [0, 0.1) is 0 Å². The van der Waals surface area contributed by atoms with Crippen LogP contribution in [-0.4, -0.2) is 23.1 Å². The normalized spacial score (nSPS) is 10.2. The minimum atomic E-state index is -0.586. The molecule has 0 aliphatic rings. The monoisotopic (exact) mass is 300 g/mol. The standard InChI is InChI=1S/C16H16N2O4/c1-2-22-16(21)12-5-3-11(4-6-12)13-7-8-15(20)18(9-13)10-14(17)19/h3-9H,2,10H2,1H3,(H2,17,19). The Morgan fingerprint density at radius 3 is 2.32 bits per heavy atom. The van der Waals surface area contributed by atoms with Gasteiger partial charge in [0.1, 0.15) is 6.54 Å². The molecule has 6 nitrogen and oxygen atoms in total. The molecule has 0 atom stereocenters. The number of amides is 1. The fourth-order valence-electron chi connectivity index (χ4n) is 2.01. The third-order valence-electron chi connectivity index (χ3n) is 3.04. The number of hydrogen-bond donors (Lipinski definition) is 1. The summed E-state index contributed by atoms with van der Waals surface area (Å²) in [5.74, 6) is -0.968. The van der Waals surface area contributed by atoms with Crippen LogP contribution in [0.1, 0.15) is 17.3 Å². The quantitative estimate of drug-likeness (QED) is 0.839. The maximum Gasteiger partial charge on any atom is 0.338 e. The van der Waals surface area contributed by atoms with E-state index in [0.717, 1.165) is 11.1 Å². The number of carbonyl (C=O) groups excluding carboxylic acids is 2. The number of rotatable bonds is 5. The first kappa shape index (κ1) is 15.5. The van der Waals surface area contributed by atoms with E-state index in [9.17, 15) is 14.4 Å². The summed E-state index contributed by atoms with van der Waals surface area (Å²) in [6.07, 6.45) is 1.56. The number of ether oxygens (including phenoxy) is 1. The van der Waals surface area contributed by atoms with Gasteiger partial charge in [-0.15, -0.1) is 0 Å². The number of benzene rings is 1. The molecule has 0 saturated heterocycles. The van der Waals surface area contributed by atoms with Crippen molar-refractivity contribution in [2.75, 3.05) is 6.61 Å². The van der Waals surface area contributed by atoms with Crippen molar-refractivity contribution in [3.05, 3.63) is 58.5 Å². The first-order valence-corrected chi connectivity index (χ1v) is 6.77. The molecule has 6 heteroatoms. The van der Waals surface area contributed by atoms with Crippen LogP contribution in [0.3, 0.4) is 0 Å². The number of nitrogens with two attached hydrogens (primary N) is 1. The average Bonchev–Trinajstić information content (AvgIpc) is 2.49. The molecule has 0 aliphatic heterocycles. The van der Waals surface area contributed by atoms with E-state index in [-0.39, 0.29) is 18.1 Å². The van der Waals surface area contributed by atoms with Crippen molar-refractivity contribution in [3.63, 3.8) is 0 Å². The molecular formula is C16H16N2O4. The largest absolute Gasteiger partial charge is 0.462 e. The van der Waals surface area contributed by atoms with Crippen molar-refractivity contribution in [1.82, 2.24) is 4.57 Å². The predicted octanol–water partition coefficient (Wildman–Crippen LogP) is 1.18. The molecule has 0 bridgehead atoms. The number of aromatic nitrogens is 1. The van der Waals surface area contributed by atoms with Crippen molar-refractivity contribution in [1.29, 1.82) is 0 Å². The van der Waals surface area contributed by atoms with Gasteiger partial charge in [0.15, 0.2) is 0 Å². The second kappa shape index (κ2) is 6.71. The van der Waals surface area contributed by atoms with Crippen molar-refractivity contribution >= 4 is 11.9 Å². The molecule has 0 radical (unpaired) electrons. The van der Waals surface area contributed by atoms with Gasteiger partial charge < -0.3 is 15.0 Å². The van der Waals surface area contributed by atoms with E-state index in [4.69, 9.17) is 10.5 Å². The number of carbonyl (C=O) groups is 2. The molecule has 1 amide bonds. The lowest BCUT2D eigenvalue weighted by molar-refractivity contribution is -0.118. The van der Waals surface area contributed by atoms with Crippen LogP contribution in [0.25, 0.3) is 11.1 Å². The minimum absolute atomic E-state index is 0.173. The summed E-state index contributed by atoms with van der Waals surface area (Å²) in [7, 11) is 0. The van der Waals surface area contributed by atoms with Crippen molar-refractivity contribution < 1.29 is 14.3 Å². The molecule has 1 aromatic heterocycles. The Kier molecular flexibility index (Phi) is 4.73. The minimum Gasteiger partial charge on any atom is -0.462 e. The van der Waals surface area contributed by atoms with E-state index in [1.807, 2.05) is 0 Å². The molecule has 2 rings (SSSR count). The highest BCUT2D eigenvalue weighted by atomic mass is 16.5. The lowest BCUT2D eigenvalue weighted by Crippen LogP contribution is -2.27. The Morgan fingerprint density at radius 1 is 1.09 bits per heavy atom. The Balaban J connectivity index is 2.30. The molecule has 1 aromatic carbocycles. The van der Waals surface area contributed by atoms with Gasteiger partial charge in [-0.05, 0) is 36.2 Å². The van der Waals surface area contributed by atoms with Gasteiger partial charge in [0.2, 0.25) is 5.91 Å². The summed E-state index contributed by atoms with van der Waals surface area (Å²) < 4.78 is 6.16. The lowest BCUT2D eigenvalue weighted by atomic mass is 10.1. The molecule has 2 N–H and O–H groups in total. The zero-order valence-electron chi connectivity index (χ0n) is 12.1. The smallest absolute Gasteiger partial charge is 0.338 e. The molecular weight excluding hydrogens is 284 g/mol. The van der Waals surface area contributed by atoms with Crippen LogP contribution in [0.4, 0.5) is 0 Å². The predicted molar refractivity (Wildman–Crippen MR) is 81.3 cm³/mol. The Hall–Kier alpha value is -2.89. The zero-order valence-corrected chi connectivity index (χ0v) is 12.1. The zero-order chi connectivity index (χ0) is 16.1. The van der Waals surface area contributed by atoms with Gasteiger partial charge >= 0.3 is 5.97 Å². The van der Waals surface area contributed by atoms with Gasteiger partial charge in [-0.3, -0.25) is 9.59 Å². The summed E-state index contributed by atoms with van der Waals surface area (Å²) in [6.45, 7) is 1.89. The summed E-state index contributed by atoms with van der Waals surface area (Å²) in [4.78, 5) is 34.2. The summed E-state index contributed by atoms with van der Waals surface area (Å²) in [6, 6.07) is 9.83. The van der Waals surface area contributed by atoms with Gasteiger partial charge in [-0.25, -0.2) is 4.79 Å². The molecule has 0 unspecified atom stereocenters. The molecule has 22 heavy (non-hydrogen) atoms. The molecule has 114 valence electrons. The fourth-order valence-corrected chi connectivity index (χ4v) is 2.01. The maximum atomic E-state index is 11.6. The number of primary amides is 1. The van der Waals surface area contributed by atoms with Gasteiger partial charge in [-0.1, -0.05) is 12.1 Å². The van der Waals surface area contributed by atoms with Crippen molar-refractivity contribution in [2.45, 2.75) is 13.5 Å². The van der Waals surface area contributed by atoms with Crippen LogP contribution >= 0.6 is 0 Å². The highest BCUT2D eigenvalue weighted by Crippen LogP contribution is 2.18. The molecule has 0 saturated carbocycles. The second-order valence-electron chi connectivity index (χ2n) is 4.65. The van der Waals surface area contributed by atoms with E-state index < -0.39 is 5.91 Å². The molecule has 0 aliphatic carbocycles. The van der Waals surface area contributed by atoms with E-state index >= 15 is 0 Å². The molecule has 0 fully saturated rings. The Morgan fingerprint density at radius 2 is 1.73 bits per heavy atom. The first-order chi connectivity index (χ1) is 10.5. The summed E-state index contributed by atoms with van der Waals surface area (Å²) in [5, 5.41) is 0. The summed E-state index contributed by atoms with van der Waals surface area (Å²) in [5.41, 5.74) is 6.83. The van der Waals surface area contributed by atoms with Gasteiger partial charge in [-0.2, -0.15) is 0 Å². The highest BCUT2D eigenvalue weighted by molar-refractivity contribution is 5.90. The van der Waals surface area contributed by atoms with Crippen LogP contribution in [0.5, 0.6) is 0 Å². The number of nitrogens with zero attached hydrogens (tertiary/aromatic N) is 1. The SMILES string of the molecule is CCOC(=O)c1ccc(-c2ccc(=O)n(CC(N)=O)c2)cc1. The van der Waals surface area contributed by atoms with Crippen LogP contribution in [-0.2, 0) is 16.1 Å². The first-order valence-electron chi connectivity index (χ1n) is 6.77. The van der Waals surface area contributed by atoms with E-state index in [1.165, 1.54) is 10.6 Å². The topological polar surface area (TPSA) is 91.4 Å². The van der Waals surface area contributed by atoms with E-state index in [0.29, 0.717) is 12.2 Å². The summed E-state index contributed by atoms with van der Waals surface area (Å²) >= 11 is 0. The Bertz CT molecular complexity index is 747. The molecule has 2 aromatic rings. The van der Waals surface area contributed by atoms with Gasteiger partial charge in [0.05, 0.1) is 12.2 Å². The van der Waals surface area contributed by atoms with Crippen LogP contribution < -0.4 is 11.3 Å². The Labute approximate surface area is 127 Å². The van der Waals surface area contributed by atoms with Crippen molar-refractivity contribution in [3.8, 4) is 11.1 Å². The third kappa shape index (κ3) is 3.60. The molecule has 1 heterocycles. The molecule has 0 spiro atoms. The van der Waals surface area contributed by atoms with Crippen LogP contribution in [0.2, 0.25) is 0 Å². The van der Waals surface area contributed by atoms with Crippen molar-refractivity contribution in [2.24, 2.45) is 5.73 Å². The van der Waals surface area contributed by atoms with E-state index in [2.05, 4.69) is 0 Å². The van der Waals surface area contributed by atoms with E-state index in [1.54, 1.807) is 43.5 Å². The highest BCUT2D eigenvalue weighted by Gasteiger charge is 2.07. The maximum absolute atomic E-state index is 11.6. The van der Waals surface area contributed by atoms with Gasteiger partial charge in [0.25, 0.3) is 5.56 Å². The van der Waals surface area contributed by atoms with Gasteiger partial charge in [0, 0.05) is 12.3 Å². The third-order valence-corrected chi connectivity index (χ3v) is 3.04. The fraction of sp³-hybridized carbons (Fsp3) is 0.188. The second-order valence-corrected chi connectivity index (χ2v) is 4.65. The number of pyridine rings is 1. The average molecular weight is 300 g/mol. The lowest BCUT2D eigenvalue weighted by Gasteiger charge is -2.07. The number of hydrogen-bond acceptors (Lipinski definition) is 4. The number of esters is 1. The van der Waals surface area contributed by atoms with Crippen LogP contribution in [0.15, 0.2) is 47.4 Å².